The molecule has 0 saturated carbocycles. The molecule has 0 aromatic rings. The molecule has 14 heavy (non-hydrogen) atoms. The van der Waals surface area contributed by atoms with Gasteiger partial charge >= 0.3 is 0 Å². The van der Waals surface area contributed by atoms with Crippen LogP contribution in [0.5, 0.6) is 0 Å². The quantitative estimate of drug-likeness (QED) is 0.505. The van der Waals surface area contributed by atoms with Crippen LogP contribution in [0.2, 0.25) is 0 Å². The maximum atomic E-state index is 11.1. The molecule has 0 aliphatic carbocycles. The van der Waals surface area contributed by atoms with Gasteiger partial charge in [-0.05, 0) is 30.7 Å². The minimum absolute atomic E-state index is 0.133. The molecule has 0 aromatic heterocycles. The molecule has 3 nitrogen and oxygen atoms in total. The Morgan fingerprint density at radius 2 is 1.86 bits per heavy atom. The van der Waals surface area contributed by atoms with Gasteiger partial charge in [-0.1, -0.05) is 27.7 Å². The largest absolute Gasteiger partial charge is 0.359 e. The SMILES string of the molecule is CNC(=O)CC(C)(C)CC(C)C.OS. The number of nitrogens with one attached hydrogen (secondary N) is 1. The highest BCUT2D eigenvalue weighted by atomic mass is 32.1. The van der Waals surface area contributed by atoms with E-state index in [-0.39, 0.29) is 11.3 Å². The number of carbonyl (C=O) groups is 1. The van der Waals surface area contributed by atoms with Crippen LogP contribution in [0.15, 0.2) is 0 Å². The zero-order chi connectivity index (χ0) is 11.8. The molecule has 0 bridgehead atoms. The van der Waals surface area contributed by atoms with Crippen molar-refractivity contribution in [3.63, 3.8) is 0 Å². The van der Waals surface area contributed by atoms with Crippen LogP contribution < -0.4 is 5.32 Å². The van der Waals surface area contributed by atoms with E-state index in [0.29, 0.717) is 12.3 Å². The second-order valence-electron chi connectivity index (χ2n) is 4.61. The van der Waals surface area contributed by atoms with Crippen LogP contribution >= 0.6 is 12.9 Å². The Bertz CT molecular complexity index is 158. The number of rotatable bonds is 4. The van der Waals surface area contributed by atoms with Crippen LogP contribution in [0.1, 0.15) is 40.5 Å². The zero-order valence-corrected chi connectivity index (χ0v) is 10.7. The van der Waals surface area contributed by atoms with Crippen molar-refractivity contribution in [2.24, 2.45) is 11.3 Å². The zero-order valence-electron chi connectivity index (χ0n) is 9.79. The summed E-state index contributed by atoms with van der Waals surface area (Å²) < 4.78 is 6.69. The molecule has 0 aliphatic heterocycles. The first kappa shape index (κ1) is 16.2. The fourth-order valence-corrected chi connectivity index (χ4v) is 1.70. The summed E-state index contributed by atoms with van der Waals surface area (Å²) in [7, 11) is 1.69. The Hall–Kier alpha value is -0.220. The number of hydrogen-bond donors (Lipinski definition) is 3. The van der Waals surface area contributed by atoms with Gasteiger partial charge in [-0.2, -0.15) is 0 Å². The van der Waals surface area contributed by atoms with Gasteiger partial charge in [0.15, 0.2) is 0 Å². The average molecular weight is 221 g/mol. The van der Waals surface area contributed by atoms with E-state index < -0.39 is 0 Å². The van der Waals surface area contributed by atoms with Crippen LogP contribution in [0, 0.1) is 11.3 Å². The van der Waals surface area contributed by atoms with Crippen LogP contribution in [0.25, 0.3) is 0 Å². The summed E-state index contributed by atoms with van der Waals surface area (Å²) in [6.07, 6.45) is 1.72. The summed E-state index contributed by atoms with van der Waals surface area (Å²) in [4.78, 5) is 11.1. The van der Waals surface area contributed by atoms with E-state index in [1.165, 1.54) is 0 Å². The average Bonchev–Trinajstić information content (AvgIpc) is 2.04. The molecule has 4 heteroatoms. The van der Waals surface area contributed by atoms with Crippen molar-refractivity contribution in [1.29, 1.82) is 0 Å². The Labute approximate surface area is 92.9 Å². The van der Waals surface area contributed by atoms with E-state index in [1.54, 1.807) is 7.05 Å². The van der Waals surface area contributed by atoms with Crippen molar-refractivity contribution in [3.8, 4) is 0 Å². The highest BCUT2D eigenvalue weighted by Gasteiger charge is 2.22. The van der Waals surface area contributed by atoms with Crippen molar-refractivity contribution in [3.05, 3.63) is 0 Å². The van der Waals surface area contributed by atoms with Gasteiger partial charge in [0.25, 0.3) is 0 Å². The molecule has 0 aliphatic rings. The first-order valence-corrected chi connectivity index (χ1v) is 5.18. The third-order valence-electron chi connectivity index (χ3n) is 1.88. The Kier molecular flexibility index (Phi) is 9.41. The van der Waals surface area contributed by atoms with Crippen LogP contribution in [0.4, 0.5) is 0 Å². The normalized spacial score (nSPS) is 10.6. The number of amides is 1. The lowest BCUT2D eigenvalue weighted by molar-refractivity contribution is -0.122. The van der Waals surface area contributed by atoms with E-state index in [1.807, 2.05) is 0 Å². The minimum atomic E-state index is 0.133. The van der Waals surface area contributed by atoms with Gasteiger partial charge in [0.05, 0.1) is 0 Å². The van der Waals surface area contributed by atoms with Crippen molar-refractivity contribution in [2.45, 2.75) is 40.5 Å². The van der Waals surface area contributed by atoms with Crippen molar-refractivity contribution in [2.75, 3.05) is 7.05 Å². The Morgan fingerprint density at radius 1 is 1.43 bits per heavy atom. The lowest BCUT2D eigenvalue weighted by atomic mass is 9.81. The Morgan fingerprint density at radius 3 is 2.14 bits per heavy atom. The number of carbonyl (C=O) groups excluding carboxylic acids is 1. The first-order valence-electron chi connectivity index (χ1n) is 4.78. The molecule has 0 radical (unpaired) electrons. The van der Waals surface area contributed by atoms with Crippen molar-refractivity contribution >= 4 is 18.8 Å². The molecule has 1 amide bonds. The predicted octanol–water partition coefficient (Wildman–Crippen LogP) is 2.58. The van der Waals surface area contributed by atoms with E-state index in [9.17, 15) is 4.79 Å². The van der Waals surface area contributed by atoms with E-state index >= 15 is 0 Å². The van der Waals surface area contributed by atoms with E-state index in [2.05, 4.69) is 45.9 Å². The molecule has 2 N–H and O–H groups in total. The van der Waals surface area contributed by atoms with Crippen LogP contribution in [-0.4, -0.2) is 17.5 Å². The summed E-state index contributed by atoms with van der Waals surface area (Å²) in [5.41, 5.74) is 0.133. The molecule has 86 valence electrons. The van der Waals surface area contributed by atoms with Crippen LogP contribution in [-0.2, 0) is 4.79 Å². The summed E-state index contributed by atoms with van der Waals surface area (Å²) in [5.74, 6) is 0.797. The summed E-state index contributed by atoms with van der Waals surface area (Å²) in [6, 6.07) is 0. The second kappa shape index (κ2) is 8.12. The monoisotopic (exact) mass is 221 g/mol. The molecular weight excluding hydrogens is 198 g/mol. The van der Waals surface area contributed by atoms with Crippen molar-refractivity contribution in [1.82, 2.24) is 5.32 Å². The van der Waals surface area contributed by atoms with E-state index in [0.717, 1.165) is 6.42 Å². The topological polar surface area (TPSA) is 49.3 Å². The van der Waals surface area contributed by atoms with Gasteiger partial charge in [0.1, 0.15) is 0 Å². The molecule has 0 aromatic carbocycles. The second-order valence-corrected chi connectivity index (χ2v) is 4.61. The molecule has 0 fully saturated rings. The molecule has 0 heterocycles. The van der Waals surface area contributed by atoms with Gasteiger partial charge < -0.3 is 9.87 Å². The first-order chi connectivity index (χ1) is 6.37. The minimum Gasteiger partial charge on any atom is -0.359 e. The summed E-state index contributed by atoms with van der Waals surface area (Å²) >= 11 is 2.53. The fraction of sp³-hybridized carbons (Fsp3) is 0.900. The lowest BCUT2D eigenvalue weighted by Crippen LogP contribution is -2.26. The molecule has 0 unspecified atom stereocenters. The van der Waals surface area contributed by atoms with Gasteiger partial charge in [-0.15, -0.1) is 0 Å². The smallest absolute Gasteiger partial charge is 0.220 e. The summed E-state index contributed by atoms with van der Waals surface area (Å²) in [6.45, 7) is 8.65. The third-order valence-corrected chi connectivity index (χ3v) is 1.88. The number of hydrogen-bond acceptors (Lipinski definition) is 3. The van der Waals surface area contributed by atoms with Crippen LogP contribution in [0.3, 0.4) is 0 Å². The molecule has 0 spiro atoms. The Balaban J connectivity index is 0. The maximum absolute atomic E-state index is 11.1. The molecule has 0 saturated heterocycles. The van der Waals surface area contributed by atoms with Gasteiger partial charge in [-0.25, -0.2) is 0 Å². The van der Waals surface area contributed by atoms with Crippen molar-refractivity contribution < 1.29 is 9.35 Å². The highest BCUT2D eigenvalue weighted by molar-refractivity contribution is 7.74. The molecule has 0 atom stereocenters. The third kappa shape index (κ3) is 9.86. The fourth-order valence-electron chi connectivity index (χ4n) is 1.70. The number of thiol groups is 1. The standard InChI is InChI=1S/C10H21NO.H2OS/c1-8(2)6-10(3,4)7-9(12)11-5;1-2/h8H,6-7H2,1-5H3,(H,11,12);1-2H. The van der Waals surface area contributed by atoms with Gasteiger partial charge in [0, 0.05) is 13.5 Å². The van der Waals surface area contributed by atoms with Gasteiger partial charge in [-0.3, -0.25) is 4.79 Å². The molecule has 0 rings (SSSR count). The summed E-state index contributed by atoms with van der Waals surface area (Å²) in [5, 5.41) is 2.66. The van der Waals surface area contributed by atoms with E-state index in [4.69, 9.17) is 4.55 Å². The highest BCUT2D eigenvalue weighted by Crippen LogP contribution is 2.28. The van der Waals surface area contributed by atoms with Gasteiger partial charge in [0.2, 0.25) is 5.91 Å². The predicted molar refractivity (Wildman–Crippen MR) is 63.5 cm³/mol. The maximum Gasteiger partial charge on any atom is 0.220 e. The lowest BCUT2D eigenvalue weighted by Gasteiger charge is -2.25. The molecular formula is C10H23NO2S.